The molecular formula is C24H25N5O. The highest BCUT2D eigenvalue weighted by molar-refractivity contribution is 5.76. The van der Waals surface area contributed by atoms with Crippen LogP contribution in [0, 0.1) is 13.8 Å². The fourth-order valence-corrected chi connectivity index (χ4v) is 4.29. The van der Waals surface area contributed by atoms with Crippen molar-refractivity contribution in [1.29, 1.82) is 0 Å². The van der Waals surface area contributed by atoms with Gasteiger partial charge in [0.05, 0.1) is 18.6 Å². The number of rotatable bonds is 4. The van der Waals surface area contributed by atoms with Gasteiger partial charge >= 0.3 is 0 Å². The lowest BCUT2D eigenvalue weighted by Crippen LogP contribution is -2.33. The Morgan fingerprint density at radius 2 is 1.90 bits per heavy atom. The molecule has 0 aliphatic carbocycles. The van der Waals surface area contributed by atoms with Crippen molar-refractivity contribution in [2.75, 3.05) is 6.54 Å². The first kappa shape index (κ1) is 18.8. The van der Waals surface area contributed by atoms with E-state index in [1.54, 1.807) is 15.6 Å². The molecule has 0 spiro atoms. The summed E-state index contributed by atoms with van der Waals surface area (Å²) in [6, 6.07) is 16.8. The summed E-state index contributed by atoms with van der Waals surface area (Å²) >= 11 is 0. The van der Waals surface area contributed by atoms with Gasteiger partial charge in [-0.25, -0.2) is 9.36 Å². The number of hydrogen-bond acceptors (Lipinski definition) is 4. The van der Waals surface area contributed by atoms with Crippen molar-refractivity contribution in [1.82, 2.24) is 24.5 Å². The van der Waals surface area contributed by atoms with Crippen molar-refractivity contribution in [2.24, 2.45) is 0 Å². The Morgan fingerprint density at radius 3 is 2.70 bits per heavy atom. The largest absolute Gasteiger partial charge is 0.296 e. The topological polar surface area (TPSA) is 56.0 Å². The van der Waals surface area contributed by atoms with Crippen molar-refractivity contribution in [3.8, 4) is 5.69 Å². The zero-order valence-electron chi connectivity index (χ0n) is 17.3. The molecule has 0 N–H and O–H groups in total. The Kier molecular flexibility index (Phi) is 4.71. The maximum Gasteiger partial charge on any atom is 0.296 e. The zero-order valence-corrected chi connectivity index (χ0v) is 17.3. The first-order valence-electron chi connectivity index (χ1n) is 10.4. The van der Waals surface area contributed by atoms with Crippen molar-refractivity contribution in [3.05, 3.63) is 88.0 Å². The van der Waals surface area contributed by atoms with E-state index in [1.165, 1.54) is 16.7 Å². The van der Waals surface area contributed by atoms with Gasteiger partial charge in [0.2, 0.25) is 0 Å². The Bertz CT molecular complexity index is 1260. The summed E-state index contributed by atoms with van der Waals surface area (Å²) in [5.74, 6) is 0. The van der Waals surface area contributed by atoms with Gasteiger partial charge in [-0.3, -0.25) is 9.69 Å². The van der Waals surface area contributed by atoms with Crippen LogP contribution < -0.4 is 5.56 Å². The van der Waals surface area contributed by atoms with Crippen LogP contribution in [0.15, 0.2) is 65.7 Å². The fraction of sp³-hybridized carbons (Fsp3) is 0.292. The number of likely N-dealkylation sites (tertiary alicyclic amines) is 1. The number of aromatic nitrogens is 4. The summed E-state index contributed by atoms with van der Waals surface area (Å²) in [5, 5.41) is 9.74. The van der Waals surface area contributed by atoms with Crippen LogP contribution in [0.2, 0.25) is 0 Å². The van der Waals surface area contributed by atoms with Crippen molar-refractivity contribution in [2.45, 2.75) is 39.4 Å². The molecule has 1 saturated heterocycles. The summed E-state index contributed by atoms with van der Waals surface area (Å²) in [7, 11) is 0. The molecule has 30 heavy (non-hydrogen) atoms. The molecule has 0 bridgehead atoms. The number of para-hydroxylation sites is 1. The molecule has 5 rings (SSSR count). The quantitative estimate of drug-likeness (QED) is 0.521. The monoisotopic (exact) mass is 399 g/mol. The van der Waals surface area contributed by atoms with Gasteiger partial charge in [0.15, 0.2) is 5.52 Å². The van der Waals surface area contributed by atoms with Gasteiger partial charge in [-0.15, -0.1) is 0 Å². The minimum absolute atomic E-state index is 0.145. The molecule has 3 heterocycles. The van der Waals surface area contributed by atoms with Crippen LogP contribution in [-0.4, -0.2) is 31.0 Å². The summed E-state index contributed by atoms with van der Waals surface area (Å²) in [5.41, 5.74) is 5.17. The minimum atomic E-state index is -0.145. The SMILES string of the molecule is Cc1ccc(C2CCCN2Cn2ncc3cn(-c4ccccc4)nc3c2=O)cc1C. The van der Waals surface area contributed by atoms with Gasteiger partial charge < -0.3 is 0 Å². The predicted molar refractivity (Wildman–Crippen MR) is 118 cm³/mol. The second-order valence-corrected chi connectivity index (χ2v) is 8.12. The zero-order chi connectivity index (χ0) is 20.7. The fourth-order valence-electron chi connectivity index (χ4n) is 4.29. The molecule has 0 saturated carbocycles. The second-order valence-electron chi connectivity index (χ2n) is 8.12. The number of nitrogens with zero attached hydrogens (tertiary/aromatic N) is 5. The Morgan fingerprint density at radius 1 is 1.07 bits per heavy atom. The molecule has 152 valence electrons. The van der Waals surface area contributed by atoms with E-state index in [0.29, 0.717) is 18.2 Å². The van der Waals surface area contributed by atoms with E-state index in [4.69, 9.17) is 0 Å². The van der Waals surface area contributed by atoms with Gasteiger partial charge in [-0.2, -0.15) is 10.2 Å². The first-order chi connectivity index (χ1) is 14.6. The second kappa shape index (κ2) is 7.54. The van der Waals surface area contributed by atoms with E-state index >= 15 is 0 Å². The lowest BCUT2D eigenvalue weighted by Gasteiger charge is -2.25. The van der Waals surface area contributed by atoms with Crippen LogP contribution in [0.3, 0.4) is 0 Å². The third-order valence-corrected chi connectivity index (χ3v) is 6.13. The molecule has 6 nitrogen and oxygen atoms in total. The molecule has 2 aromatic heterocycles. The molecule has 1 unspecified atom stereocenters. The highest BCUT2D eigenvalue weighted by Gasteiger charge is 2.27. The number of benzene rings is 2. The number of fused-ring (bicyclic) bond motifs is 1. The number of aryl methyl sites for hydroxylation is 2. The summed E-state index contributed by atoms with van der Waals surface area (Å²) in [6.07, 6.45) is 5.82. The molecule has 6 heteroatoms. The maximum atomic E-state index is 13.1. The molecule has 0 amide bonds. The normalized spacial score (nSPS) is 17.1. The average molecular weight is 399 g/mol. The highest BCUT2D eigenvalue weighted by Crippen LogP contribution is 2.32. The smallest absolute Gasteiger partial charge is 0.277 e. The molecule has 1 atom stereocenters. The third kappa shape index (κ3) is 3.33. The van der Waals surface area contributed by atoms with E-state index in [2.05, 4.69) is 47.1 Å². The molecule has 1 aliphatic rings. The maximum absolute atomic E-state index is 13.1. The lowest BCUT2D eigenvalue weighted by molar-refractivity contribution is 0.187. The lowest BCUT2D eigenvalue weighted by atomic mass is 9.99. The Hall–Kier alpha value is -3.25. The molecule has 1 aliphatic heterocycles. The van der Waals surface area contributed by atoms with E-state index < -0.39 is 0 Å². The van der Waals surface area contributed by atoms with Gasteiger partial charge in [0.25, 0.3) is 5.56 Å². The van der Waals surface area contributed by atoms with Crippen LogP contribution >= 0.6 is 0 Å². The van der Waals surface area contributed by atoms with Gasteiger partial charge in [-0.1, -0.05) is 36.4 Å². The Labute approximate surface area is 175 Å². The van der Waals surface area contributed by atoms with Crippen LogP contribution in [0.1, 0.15) is 35.6 Å². The van der Waals surface area contributed by atoms with E-state index in [0.717, 1.165) is 30.5 Å². The summed E-state index contributed by atoms with van der Waals surface area (Å²) in [6.45, 7) is 5.73. The number of hydrogen-bond donors (Lipinski definition) is 0. The van der Waals surface area contributed by atoms with Crippen LogP contribution in [0.5, 0.6) is 0 Å². The molecule has 4 aromatic rings. The van der Waals surface area contributed by atoms with Gasteiger partial charge in [0.1, 0.15) is 0 Å². The average Bonchev–Trinajstić information content (AvgIpc) is 3.40. The molecule has 0 radical (unpaired) electrons. The predicted octanol–water partition coefficient (Wildman–Crippen LogP) is 3.99. The van der Waals surface area contributed by atoms with E-state index in [-0.39, 0.29) is 5.56 Å². The minimum Gasteiger partial charge on any atom is -0.277 e. The molecule has 1 fully saturated rings. The summed E-state index contributed by atoms with van der Waals surface area (Å²) in [4.78, 5) is 15.4. The van der Waals surface area contributed by atoms with Crippen LogP contribution in [-0.2, 0) is 6.67 Å². The van der Waals surface area contributed by atoms with Crippen molar-refractivity contribution in [3.63, 3.8) is 0 Å². The molecule has 2 aromatic carbocycles. The van der Waals surface area contributed by atoms with Gasteiger partial charge in [0, 0.05) is 24.2 Å². The van der Waals surface area contributed by atoms with Crippen LogP contribution in [0.4, 0.5) is 0 Å². The van der Waals surface area contributed by atoms with E-state index in [9.17, 15) is 4.79 Å². The van der Waals surface area contributed by atoms with E-state index in [1.807, 2.05) is 36.5 Å². The highest BCUT2D eigenvalue weighted by atomic mass is 16.1. The Balaban J connectivity index is 1.45. The first-order valence-corrected chi connectivity index (χ1v) is 10.4. The standard InChI is InChI=1S/C24H25N5O/c1-17-10-11-19(13-18(17)2)22-9-6-12-27(22)16-29-24(30)23-20(14-25-29)15-28(26-23)21-7-4-3-5-8-21/h3-5,7-8,10-11,13-15,22H,6,9,12,16H2,1-2H3. The summed E-state index contributed by atoms with van der Waals surface area (Å²) < 4.78 is 3.29. The van der Waals surface area contributed by atoms with Gasteiger partial charge in [-0.05, 0) is 55.5 Å². The third-order valence-electron chi connectivity index (χ3n) is 6.13. The van der Waals surface area contributed by atoms with Crippen molar-refractivity contribution < 1.29 is 0 Å². The van der Waals surface area contributed by atoms with Crippen LogP contribution in [0.25, 0.3) is 16.6 Å². The van der Waals surface area contributed by atoms with Crippen molar-refractivity contribution >= 4 is 10.9 Å². The molecular weight excluding hydrogens is 374 g/mol.